The first-order chi connectivity index (χ1) is 20.2. The lowest BCUT2D eigenvalue weighted by atomic mass is 9.83. The molecule has 0 saturated heterocycles. The van der Waals surface area contributed by atoms with E-state index < -0.39 is 0 Å². The third-order valence-electron chi connectivity index (χ3n) is 7.49. The van der Waals surface area contributed by atoms with Crippen LogP contribution in [0.1, 0.15) is 36.3 Å². The van der Waals surface area contributed by atoms with Crippen LogP contribution in [0.3, 0.4) is 0 Å². The first-order valence-corrected chi connectivity index (χ1v) is 14.2. The smallest absolute Gasteiger partial charge is 0.248 e. The number of rotatable bonds is 8. The molecule has 1 unspecified atom stereocenters. The number of para-hydroxylation sites is 1. The Morgan fingerprint density at radius 3 is 2.24 bits per heavy atom. The molecular formula is C37H32N2O2. The Hall–Kier alpha value is -4.96. The Kier molecular flexibility index (Phi) is 8.00. The number of allylic oxidation sites excluding steroid dienone is 2. The maximum absolute atomic E-state index is 12.8. The molecule has 0 bridgehead atoms. The van der Waals surface area contributed by atoms with E-state index in [-0.39, 0.29) is 11.8 Å². The summed E-state index contributed by atoms with van der Waals surface area (Å²) >= 11 is 0. The van der Waals surface area contributed by atoms with Gasteiger partial charge in [0, 0.05) is 28.5 Å². The molecule has 1 N–H and O–H groups in total. The second kappa shape index (κ2) is 12.5. The molecule has 5 aromatic rings. The molecule has 1 amide bonds. The summed E-state index contributed by atoms with van der Waals surface area (Å²) in [6, 6.07) is 38.3. The third-order valence-corrected chi connectivity index (χ3v) is 7.49. The Morgan fingerprint density at radius 1 is 0.829 bits per heavy atom. The van der Waals surface area contributed by atoms with E-state index >= 15 is 0 Å². The quantitative estimate of drug-likeness (QED) is 0.201. The largest absolute Gasteiger partial charge is 0.436 e. The van der Waals surface area contributed by atoms with Crippen LogP contribution in [0, 0.1) is 5.92 Å². The fourth-order valence-corrected chi connectivity index (χ4v) is 5.43. The highest BCUT2D eigenvalue weighted by Crippen LogP contribution is 2.40. The fourth-order valence-electron chi connectivity index (χ4n) is 5.43. The second-order valence-corrected chi connectivity index (χ2v) is 10.3. The lowest BCUT2D eigenvalue weighted by molar-refractivity contribution is -0.111. The number of aromatic nitrogens is 1. The molecule has 0 radical (unpaired) electrons. The first kappa shape index (κ1) is 26.3. The van der Waals surface area contributed by atoms with Crippen LogP contribution in [0.4, 0.5) is 5.69 Å². The number of nitrogens with one attached hydrogen (secondary N) is 1. The fraction of sp³-hybridized carbons (Fsp3) is 0.135. The van der Waals surface area contributed by atoms with Crippen molar-refractivity contribution >= 4 is 23.2 Å². The highest BCUT2D eigenvalue weighted by molar-refractivity contribution is 6.02. The average Bonchev–Trinajstić information content (AvgIpc) is 3.48. The van der Waals surface area contributed by atoms with Crippen molar-refractivity contribution in [1.82, 2.24) is 4.98 Å². The van der Waals surface area contributed by atoms with Crippen LogP contribution >= 0.6 is 0 Å². The molecule has 0 fully saturated rings. The van der Waals surface area contributed by atoms with Gasteiger partial charge >= 0.3 is 0 Å². The van der Waals surface area contributed by atoms with Crippen molar-refractivity contribution in [3.05, 3.63) is 144 Å². The van der Waals surface area contributed by atoms with E-state index in [1.54, 1.807) is 6.08 Å². The van der Waals surface area contributed by atoms with E-state index in [0.717, 1.165) is 70.7 Å². The molecule has 1 atom stereocenters. The Balaban J connectivity index is 1.27. The van der Waals surface area contributed by atoms with Gasteiger partial charge in [-0.25, -0.2) is 4.98 Å². The van der Waals surface area contributed by atoms with E-state index in [2.05, 4.69) is 41.7 Å². The van der Waals surface area contributed by atoms with Crippen molar-refractivity contribution in [3.8, 4) is 22.6 Å². The highest BCUT2D eigenvalue weighted by Gasteiger charge is 2.27. The zero-order chi connectivity index (χ0) is 27.9. The van der Waals surface area contributed by atoms with Gasteiger partial charge in [-0.1, -0.05) is 115 Å². The molecule has 1 heterocycles. The Labute approximate surface area is 241 Å². The molecule has 4 heteroatoms. The maximum Gasteiger partial charge on any atom is 0.248 e. The minimum Gasteiger partial charge on any atom is -0.436 e. The molecule has 0 spiro atoms. The standard InChI is InChI=1S/C37H32N2O2/c40-34(25-24-27-14-4-1-5-15-27)38-33-23-13-11-21-31(33)26-30-20-10-12-22-32(30)37-39-35(28-16-6-2-7-17-28)36(41-37)29-18-8-3-9-19-29/h1-9,11,13-19,21-25,30H,10,12,20,26H2,(H,38,40). The van der Waals surface area contributed by atoms with E-state index in [1.807, 2.05) is 91.0 Å². The van der Waals surface area contributed by atoms with Crippen LogP contribution < -0.4 is 5.32 Å². The van der Waals surface area contributed by atoms with Gasteiger partial charge in [0.2, 0.25) is 11.8 Å². The van der Waals surface area contributed by atoms with Gasteiger partial charge in [0.15, 0.2) is 5.76 Å². The minimum atomic E-state index is -0.145. The number of amides is 1. The molecule has 1 aliphatic rings. The molecule has 0 aliphatic heterocycles. The van der Waals surface area contributed by atoms with Crippen LogP contribution in [0.15, 0.2) is 132 Å². The van der Waals surface area contributed by atoms with Gasteiger partial charge in [-0.2, -0.15) is 0 Å². The topological polar surface area (TPSA) is 55.1 Å². The lowest BCUT2D eigenvalue weighted by Gasteiger charge is -2.23. The van der Waals surface area contributed by atoms with Crippen LogP contribution in [0.5, 0.6) is 0 Å². The van der Waals surface area contributed by atoms with Gasteiger partial charge in [-0.3, -0.25) is 4.79 Å². The molecule has 0 saturated carbocycles. The van der Waals surface area contributed by atoms with Gasteiger partial charge < -0.3 is 9.73 Å². The van der Waals surface area contributed by atoms with Crippen LogP contribution in [-0.4, -0.2) is 10.9 Å². The van der Waals surface area contributed by atoms with Crippen molar-refractivity contribution in [1.29, 1.82) is 0 Å². The molecule has 4 nitrogen and oxygen atoms in total. The number of hydrogen-bond donors (Lipinski definition) is 1. The van der Waals surface area contributed by atoms with Crippen molar-refractivity contribution < 1.29 is 9.21 Å². The normalized spacial score (nSPS) is 15.0. The van der Waals surface area contributed by atoms with Crippen molar-refractivity contribution in [2.45, 2.75) is 25.7 Å². The number of hydrogen-bond acceptors (Lipinski definition) is 3. The van der Waals surface area contributed by atoms with E-state index in [9.17, 15) is 4.79 Å². The van der Waals surface area contributed by atoms with Crippen molar-refractivity contribution in [2.24, 2.45) is 5.92 Å². The summed E-state index contributed by atoms with van der Waals surface area (Å²) in [5, 5.41) is 3.10. The van der Waals surface area contributed by atoms with E-state index in [1.165, 1.54) is 0 Å². The lowest BCUT2D eigenvalue weighted by Crippen LogP contribution is -2.14. The van der Waals surface area contributed by atoms with Crippen LogP contribution in [0.2, 0.25) is 0 Å². The van der Waals surface area contributed by atoms with Gasteiger partial charge in [0.05, 0.1) is 0 Å². The zero-order valence-electron chi connectivity index (χ0n) is 22.9. The molecule has 4 aromatic carbocycles. The Morgan fingerprint density at radius 2 is 1.49 bits per heavy atom. The zero-order valence-corrected chi connectivity index (χ0v) is 22.9. The second-order valence-electron chi connectivity index (χ2n) is 10.3. The van der Waals surface area contributed by atoms with Gasteiger partial charge in [0.25, 0.3) is 0 Å². The monoisotopic (exact) mass is 536 g/mol. The minimum absolute atomic E-state index is 0.145. The molecule has 1 aliphatic carbocycles. The molecule has 1 aromatic heterocycles. The summed E-state index contributed by atoms with van der Waals surface area (Å²) < 4.78 is 6.57. The van der Waals surface area contributed by atoms with Gasteiger partial charge in [-0.15, -0.1) is 0 Å². The van der Waals surface area contributed by atoms with Crippen molar-refractivity contribution in [3.63, 3.8) is 0 Å². The summed E-state index contributed by atoms with van der Waals surface area (Å²) in [6.07, 6.45) is 9.63. The van der Waals surface area contributed by atoms with Crippen molar-refractivity contribution in [2.75, 3.05) is 5.32 Å². The highest BCUT2D eigenvalue weighted by atomic mass is 16.4. The third kappa shape index (κ3) is 6.28. The summed E-state index contributed by atoms with van der Waals surface area (Å²) in [4.78, 5) is 17.9. The first-order valence-electron chi connectivity index (χ1n) is 14.2. The number of nitrogens with zero attached hydrogens (tertiary/aromatic N) is 1. The molecule has 6 rings (SSSR count). The average molecular weight is 537 g/mol. The SMILES string of the molecule is O=C(C=Cc1ccccc1)Nc1ccccc1CC1CCCC=C1c1nc(-c2ccccc2)c(-c2ccccc2)o1. The van der Waals surface area contributed by atoms with E-state index in [0.29, 0.717) is 5.89 Å². The summed E-state index contributed by atoms with van der Waals surface area (Å²) in [6.45, 7) is 0. The Bertz CT molecular complexity index is 1610. The number of anilines is 1. The molecule has 41 heavy (non-hydrogen) atoms. The van der Waals surface area contributed by atoms with Gasteiger partial charge in [-0.05, 0) is 54.9 Å². The predicted molar refractivity (Wildman–Crippen MR) is 167 cm³/mol. The molecular weight excluding hydrogens is 504 g/mol. The maximum atomic E-state index is 12.8. The number of benzene rings is 4. The summed E-state index contributed by atoms with van der Waals surface area (Å²) in [5.41, 5.74) is 6.96. The number of carbonyl (C=O) groups is 1. The van der Waals surface area contributed by atoms with E-state index in [4.69, 9.17) is 9.40 Å². The number of carbonyl (C=O) groups excluding carboxylic acids is 1. The number of oxazole rings is 1. The summed E-state index contributed by atoms with van der Waals surface area (Å²) in [5.74, 6) is 1.55. The van der Waals surface area contributed by atoms with Crippen LogP contribution in [-0.2, 0) is 11.2 Å². The summed E-state index contributed by atoms with van der Waals surface area (Å²) in [7, 11) is 0. The van der Waals surface area contributed by atoms with Gasteiger partial charge in [0.1, 0.15) is 5.69 Å². The molecule has 202 valence electrons. The predicted octanol–water partition coefficient (Wildman–Crippen LogP) is 9.09. The van der Waals surface area contributed by atoms with Crippen LogP contribution in [0.25, 0.3) is 34.2 Å².